The molecule has 0 spiro atoms. The number of aryl methyl sites for hydroxylation is 2. The number of fused-ring (bicyclic) bond motifs is 12. The third kappa shape index (κ3) is 6.67. The summed E-state index contributed by atoms with van der Waals surface area (Å²) in [5, 5.41) is 26.8. The fourth-order valence-corrected chi connectivity index (χ4v) is 15.4. The largest absolute Gasteiger partial charge is 0.0617 e. The highest BCUT2D eigenvalue weighted by Crippen LogP contribution is 2.58. The van der Waals surface area contributed by atoms with Gasteiger partial charge in [-0.1, -0.05) is 241 Å². The second-order valence-electron chi connectivity index (χ2n) is 28.9. The van der Waals surface area contributed by atoms with Crippen molar-refractivity contribution in [3.8, 4) is 55.6 Å². The van der Waals surface area contributed by atoms with E-state index < -0.39 is 0 Å². The molecule has 0 aliphatic heterocycles. The molecular weight excluding hydrogens is 985 g/mol. The highest BCUT2D eigenvalue weighted by atomic mass is 14.4. The van der Waals surface area contributed by atoms with E-state index in [1.807, 2.05) is 0 Å². The molecule has 0 atom stereocenters. The molecule has 0 bridgehead atoms. The Morgan fingerprint density at radius 1 is 0.207 bits per heavy atom. The van der Waals surface area contributed by atoms with E-state index in [9.17, 15) is 0 Å². The molecule has 0 heterocycles. The van der Waals surface area contributed by atoms with E-state index in [-0.39, 0.29) is 21.7 Å². The van der Waals surface area contributed by atoms with Crippen molar-refractivity contribution in [1.82, 2.24) is 0 Å². The minimum Gasteiger partial charge on any atom is -0.0617 e. The van der Waals surface area contributed by atoms with Gasteiger partial charge in [0.05, 0.1) is 0 Å². The van der Waals surface area contributed by atoms with Crippen LogP contribution in [0.5, 0.6) is 0 Å². The van der Waals surface area contributed by atoms with Gasteiger partial charge in [-0.3, -0.25) is 0 Å². The maximum absolute atomic E-state index is 2.64. The van der Waals surface area contributed by atoms with Gasteiger partial charge in [-0.25, -0.2) is 0 Å². The maximum Gasteiger partial charge on any atom is -0.000740 e. The summed E-state index contributed by atoms with van der Waals surface area (Å²) in [7, 11) is 0. The fourth-order valence-electron chi connectivity index (χ4n) is 15.4. The first-order valence-corrected chi connectivity index (χ1v) is 30.0. The molecule has 16 rings (SSSR count). The summed E-state index contributed by atoms with van der Waals surface area (Å²) >= 11 is 0. The standard InChI is InChI=1S/C82H70/c1-43-19-17-20-44(2)69(43)57-27-30-62-66-42-68-67(41-65(66)54-24-18-23-53(57)72(54)62)70(45-35-47(79(3,4)5)39-48(36-45)80(6,7)8)77-63-33-31-60-58-28-25-55-51-21-15-16-22-52(51)56-26-29-59(74(58)73(55)56)61-32-34-64(76(63)75(60)61)78(77)71(68)46-37-49(81(9,10)11)40-50(38-46)82(12,13)14/h15-42H,1-14H3. The second-order valence-corrected chi connectivity index (χ2v) is 28.9. The fraction of sp³-hybridized carbons (Fsp3) is 0.220. The quantitative estimate of drug-likeness (QED) is 0.122. The second kappa shape index (κ2) is 16.2. The van der Waals surface area contributed by atoms with Crippen molar-refractivity contribution in [3.05, 3.63) is 203 Å². The first kappa shape index (κ1) is 49.5. The molecule has 398 valence electrons. The van der Waals surface area contributed by atoms with Crippen LogP contribution in [0.1, 0.15) is 116 Å². The lowest BCUT2D eigenvalue weighted by molar-refractivity contribution is 0.568. The molecule has 82 heavy (non-hydrogen) atoms. The Kier molecular flexibility index (Phi) is 9.80. The van der Waals surface area contributed by atoms with Gasteiger partial charge in [-0.2, -0.15) is 0 Å². The van der Waals surface area contributed by atoms with E-state index in [1.54, 1.807) is 0 Å². The van der Waals surface area contributed by atoms with Crippen molar-refractivity contribution in [2.24, 2.45) is 0 Å². The van der Waals surface area contributed by atoms with Gasteiger partial charge in [0.25, 0.3) is 0 Å². The summed E-state index contributed by atoms with van der Waals surface area (Å²) in [6, 6.07) is 68.0. The third-order valence-corrected chi connectivity index (χ3v) is 19.7. The molecular formula is C82H70. The highest BCUT2D eigenvalue weighted by Gasteiger charge is 2.32. The SMILES string of the molecule is Cc1cccc(C)c1-c1ccc2c3cc4c(-c5cc(C(C)(C)C)cc(C(C)(C)C)c5)c5c6ccc7c8ccc9c%10c(ccc(c%11ccc(c5c(-c5cc(C(C)(C)C)cc(C(C)(C)C)c5)c4cc3c3cccc1c32)c6c%117)c%108)-c1ccccc1-9. The van der Waals surface area contributed by atoms with Gasteiger partial charge >= 0.3 is 0 Å². The van der Waals surface area contributed by atoms with Crippen LogP contribution in [0.4, 0.5) is 0 Å². The molecule has 0 nitrogen and oxygen atoms in total. The molecule has 15 aromatic carbocycles. The van der Waals surface area contributed by atoms with E-state index in [0.717, 1.165) is 0 Å². The van der Waals surface area contributed by atoms with Gasteiger partial charge in [0.15, 0.2) is 0 Å². The van der Waals surface area contributed by atoms with Crippen LogP contribution in [0.2, 0.25) is 0 Å². The summed E-state index contributed by atoms with van der Waals surface area (Å²) in [6.45, 7) is 33.2. The number of hydrogen-bond acceptors (Lipinski definition) is 0. The van der Waals surface area contributed by atoms with E-state index in [4.69, 9.17) is 0 Å². The van der Waals surface area contributed by atoms with Crippen molar-refractivity contribution in [2.45, 2.75) is 119 Å². The molecule has 15 aromatic rings. The molecule has 0 amide bonds. The monoisotopic (exact) mass is 1050 g/mol. The van der Waals surface area contributed by atoms with Crippen molar-refractivity contribution < 1.29 is 0 Å². The Morgan fingerprint density at radius 2 is 0.549 bits per heavy atom. The first-order valence-electron chi connectivity index (χ1n) is 30.0. The Hall–Kier alpha value is -8.32. The number of rotatable bonds is 3. The van der Waals surface area contributed by atoms with E-state index in [0.29, 0.717) is 0 Å². The molecule has 0 radical (unpaired) electrons. The van der Waals surface area contributed by atoms with Crippen LogP contribution in [0.3, 0.4) is 0 Å². The summed E-state index contributed by atoms with van der Waals surface area (Å²) in [5.41, 5.74) is 21.0. The zero-order chi connectivity index (χ0) is 56.6. The molecule has 0 N–H and O–H groups in total. The van der Waals surface area contributed by atoms with E-state index in [1.165, 1.54) is 197 Å². The van der Waals surface area contributed by atoms with Crippen molar-refractivity contribution >= 4 is 108 Å². The van der Waals surface area contributed by atoms with Crippen LogP contribution in [-0.2, 0) is 21.7 Å². The van der Waals surface area contributed by atoms with Gasteiger partial charge < -0.3 is 0 Å². The summed E-state index contributed by atoms with van der Waals surface area (Å²) in [5.74, 6) is 0. The number of benzene rings is 13. The minimum atomic E-state index is -0.0852. The van der Waals surface area contributed by atoms with Crippen molar-refractivity contribution in [3.63, 3.8) is 0 Å². The maximum atomic E-state index is 2.64. The molecule has 0 saturated carbocycles. The molecule has 0 fully saturated rings. The molecule has 1 aliphatic carbocycles. The first-order chi connectivity index (χ1) is 39.0. The summed E-state index contributed by atoms with van der Waals surface area (Å²) in [4.78, 5) is 0. The van der Waals surface area contributed by atoms with Crippen molar-refractivity contribution in [2.75, 3.05) is 0 Å². The van der Waals surface area contributed by atoms with Gasteiger partial charge in [0.1, 0.15) is 0 Å². The molecule has 1 aliphatic rings. The van der Waals surface area contributed by atoms with Gasteiger partial charge in [-0.05, 0) is 244 Å². The average molecular weight is 1060 g/mol. The van der Waals surface area contributed by atoms with Crippen LogP contribution in [0, 0.1) is 13.8 Å². The molecule has 0 aromatic heterocycles. The number of hydrogen-bond donors (Lipinski definition) is 0. The predicted molar refractivity (Wildman–Crippen MR) is 360 cm³/mol. The van der Waals surface area contributed by atoms with Crippen LogP contribution >= 0.6 is 0 Å². The normalized spacial score (nSPS) is 13.5. The highest BCUT2D eigenvalue weighted by molar-refractivity contribution is 6.47. The zero-order valence-electron chi connectivity index (χ0n) is 50.2. The van der Waals surface area contributed by atoms with Crippen molar-refractivity contribution in [1.29, 1.82) is 0 Å². The molecule has 0 unspecified atom stereocenters. The minimum absolute atomic E-state index is 0.0852. The molecule has 0 heteroatoms. The van der Waals surface area contributed by atoms with Crippen LogP contribution < -0.4 is 0 Å². The smallest absolute Gasteiger partial charge is 0.000740 e. The summed E-state index contributed by atoms with van der Waals surface area (Å²) < 4.78 is 0. The average Bonchev–Trinajstić information content (AvgIpc) is 1.65. The molecule has 0 saturated heterocycles. The Morgan fingerprint density at radius 3 is 0.988 bits per heavy atom. The topological polar surface area (TPSA) is 0 Å². The lowest BCUT2D eigenvalue weighted by atomic mass is 9.76. The van der Waals surface area contributed by atoms with E-state index >= 15 is 0 Å². The third-order valence-electron chi connectivity index (χ3n) is 19.7. The predicted octanol–water partition coefficient (Wildman–Crippen LogP) is 24.0. The van der Waals surface area contributed by atoms with Gasteiger partial charge in [0, 0.05) is 0 Å². The van der Waals surface area contributed by atoms with Gasteiger partial charge in [-0.15, -0.1) is 0 Å². The van der Waals surface area contributed by atoms with Gasteiger partial charge in [0.2, 0.25) is 0 Å². The van der Waals surface area contributed by atoms with Crippen LogP contribution in [-0.4, -0.2) is 0 Å². The van der Waals surface area contributed by atoms with E-state index in [2.05, 4.69) is 267 Å². The Balaban J connectivity index is 1.15. The van der Waals surface area contributed by atoms with Crippen LogP contribution in [0.25, 0.3) is 163 Å². The lowest BCUT2D eigenvalue weighted by Crippen LogP contribution is -2.16. The summed E-state index contributed by atoms with van der Waals surface area (Å²) in [6.07, 6.45) is 0. The Labute approximate surface area is 482 Å². The zero-order valence-corrected chi connectivity index (χ0v) is 50.2. The van der Waals surface area contributed by atoms with Crippen LogP contribution in [0.15, 0.2) is 170 Å². The lowest BCUT2D eigenvalue weighted by Gasteiger charge is -2.28. The Bertz CT molecular complexity index is 4950.